The van der Waals surface area contributed by atoms with Crippen molar-refractivity contribution in [1.29, 1.82) is 0 Å². The van der Waals surface area contributed by atoms with Crippen LogP contribution >= 0.6 is 0 Å². The molecule has 4 heteroatoms. The summed E-state index contributed by atoms with van der Waals surface area (Å²) in [4.78, 5) is 17.2. The van der Waals surface area contributed by atoms with E-state index in [1.165, 1.54) is 31.2 Å². The monoisotopic (exact) mass is 358 g/mol. The van der Waals surface area contributed by atoms with Gasteiger partial charge >= 0.3 is 6.09 Å². The summed E-state index contributed by atoms with van der Waals surface area (Å²) in [5.41, 5.74) is 0.911. The number of amides is 1. The molecule has 4 nitrogen and oxygen atoms in total. The molecule has 0 N–H and O–H groups in total. The number of hydrogen-bond acceptors (Lipinski definition) is 3. The summed E-state index contributed by atoms with van der Waals surface area (Å²) in [6, 6.07) is 10.9. The van der Waals surface area contributed by atoms with Crippen LogP contribution in [0.4, 0.5) is 4.79 Å². The average Bonchev–Trinajstić information content (AvgIpc) is 3.07. The molecule has 144 valence electrons. The van der Waals surface area contributed by atoms with Crippen LogP contribution in [-0.2, 0) is 11.3 Å². The first-order valence-corrected chi connectivity index (χ1v) is 10.2. The molecule has 1 heterocycles. The molecule has 1 saturated carbocycles. The van der Waals surface area contributed by atoms with Gasteiger partial charge in [0.25, 0.3) is 0 Å². The average molecular weight is 359 g/mol. The summed E-state index contributed by atoms with van der Waals surface area (Å²) < 4.78 is 5.69. The zero-order valence-corrected chi connectivity index (χ0v) is 16.6. The molecule has 2 aliphatic rings. The van der Waals surface area contributed by atoms with Crippen molar-refractivity contribution in [3.8, 4) is 0 Å². The van der Waals surface area contributed by atoms with Crippen molar-refractivity contribution in [3.63, 3.8) is 0 Å². The third-order valence-corrected chi connectivity index (χ3v) is 5.52. The molecule has 0 bridgehead atoms. The Labute approximate surface area is 158 Å². The molecule has 1 aliphatic carbocycles. The maximum Gasteiger partial charge on any atom is 0.410 e. The number of carbonyl (C=O) groups excluding carboxylic acids is 1. The molecule has 1 aliphatic heterocycles. The Morgan fingerprint density at radius 2 is 1.81 bits per heavy atom. The first-order chi connectivity index (χ1) is 12.4. The summed E-state index contributed by atoms with van der Waals surface area (Å²) in [6.45, 7) is 9.43. The van der Waals surface area contributed by atoms with E-state index >= 15 is 0 Å². The van der Waals surface area contributed by atoms with Crippen molar-refractivity contribution < 1.29 is 9.53 Å². The van der Waals surface area contributed by atoms with Crippen LogP contribution in [0.5, 0.6) is 0 Å². The van der Waals surface area contributed by atoms with Gasteiger partial charge in [-0.1, -0.05) is 56.0 Å². The number of rotatable bonds is 4. The van der Waals surface area contributed by atoms with Crippen molar-refractivity contribution in [2.75, 3.05) is 19.6 Å². The van der Waals surface area contributed by atoms with E-state index in [2.05, 4.69) is 35.2 Å². The largest absolute Gasteiger partial charge is 0.444 e. The molecule has 1 aromatic rings. The first kappa shape index (κ1) is 19.2. The van der Waals surface area contributed by atoms with Gasteiger partial charge in [-0.25, -0.2) is 4.79 Å². The number of piperazine rings is 1. The first-order valence-electron chi connectivity index (χ1n) is 10.2. The van der Waals surface area contributed by atoms with Crippen molar-refractivity contribution >= 4 is 6.09 Å². The van der Waals surface area contributed by atoms with E-state index in [-0.39, 0.29) is 12.1 Å². The van der Waals surface area contributed by atoms with E-state index in [0.29, 0.717) is 0 Å². The van der Waals surface area contributed by atoms with Crippen molar-refractivity contribution in [1.82, 2.24) is 9.80 Å². The summed E-state index contributed by atoms with van der Waals surface area (Å²) in [7, 11) is 0. The highest BCUT2D eigenvalue weighted by molar-refractivity contribution is 5.68. The van der Waals surface area contributed by atoms with E-state index in [4.69, 9.17) is 4.74 Å². The van der Waals surface area contributed by atoms with Crippen LogP contribution in [0.25, 0.3) is 0 Å². The highest BCUT2D eigenvalue weighted by Gasteiger charge is 2.35. The van der Waals surface area contributed by atoms with Crippen molar-refractivity contribution in [2.45, 2.75) is 71.1 Å². The van der Waals surface area contributed by atoms with Gasteiger partial charge < -0.3 is 9.64 Å². The van der Waals surface area contributed by atoms with E-state index in [9.17, 15) is 4.79 Å². The molecule has 1 aromatic carbocycles. The molecule has 1 saturated heterocycles. The quantitative estimate of drug-likeness (QED) is 0.783. The van der Waals surface area contributed by atoms with Gasteiger partial charge in [0.1, 0.15) is 5.60 Å². The van der Waals surface area contributed by atoms with Crippen LogP contribution in [-0.4, -0.2) is 47.2 Å². The van der Waals surface area contributed by atoms with Crippen LogP contribution in [0, 0.1) is 5.92 Å². The lowest BCUT2D eigenvalue weighted by molar-refractivity contribution is -0.00628. The van der Waals surface area contributed by atoms with Crippen LogP contribution in [0.2, 0.25) is 0 Å². The van der Waals surface area contributed by atoms with Crippen LogP contribution in [0.3, 0.4) is 0 Å². The topological polar surface area (TPSA) is 32.8 Å². The van der Waals surface area contributed by atoms with Gasteiger partial charge in [0, 0.05) is 32.2 Å². The van der Waals surface area contributed by atoms with Crippen LogP contribution < -0.4 is 0 Å². The van der Waals surface area contributed by atoms with E-state index < -0.39 is 5.60 Å². The minimum absolute atomic E-state index is 0.139. The lowest BCUT2D eigenvalue weighted by Crippen LogP contribution is -2.56. The molecular formula is C22H34N2O2. The molecule has 26 heavy (non-hydrogen) atoms. The molecule has 0 spiro atoms. The Morgan fingerprint density at radius 3 is 2.46 bits per heavy atom. The summed E-state index contributed by atoms with van der Waals surface area (Å²) in [5.74, 6) is 0.765. The smallest absolute Gasteiger partial charge is 0.410 e. The Kier molecular flexibility index (Phi) is 6.23. The second-order valence-electron chi connectivity index (χ2n) is 8.93. The van der Waals surface area contributed by atoms with Crippen LogP contribution in [0.1, 0.15) is 58.4 Å². The van der Waals surface area contributed by atoms with E-state index in [1.807, 2.05) is 25.7 Å². The SMILES string of the molecule is CC(C)(C)OC(=O)N1CCN(Cc2ccccc2)C[C@H]1CC1CCCC1. The third-order valence-electron chi connectivity index (χ3n) is 5.52. The van der Waals surface area contributed by atoms with Crippen LogP contribution in [0.15, 0.2) is 30.3 Å². The lowest BCUT2D eigenvalue weighted by atomic mass is 9.95. The van der Waals surface area contributed by atoms with Gasteiger partial charge in [-0.3, -0.25) is 4.90 Å². The minimum atomic E-state index is -0.434. The van der Waals surface area contributed by atoms with Crippen molar-refractivity contribution in [3.05, 3.63) is 35.9 Å². The van der Waals surface area contributed by atoms with Gasteiger partial charge in [0.15, 0.2) is 0 Å². The normalized spacial score (nSPS) is 22.6. The highest BCUT2D eigenvalue weighted by Crippen LogP contribution is 2.31. The molecule has 2 fully saturated rings. The number of carbonyl (C=O) groups is 1. The fourth-order valence-corrected chi connectivity index (χ4v) is 4.30. The van der Waals surface area contributed by atoms with Gasteiger partial charge in [-0.05, 0) is 38.7 Å². The van der Waals surface area contributed by atoms with Gasteiger partial charge in [0.2, 0.25) is 0 Å². The van der Waals surface area contributed by atoms with Crippen molar-refractivity contribution in [2.24, 2.45) is 5.92 Å². The number of benzene rings is 1. The maximum absolute atomic E-state index is 12.7. The lowest BCUT2D eigenvalue weighted by Gasteiger charge is -2.42. The Bertz CT molecular complexity index is 576. The minimum Gasteiger partial charge on any atom is -0.444 e. The Hall–Kier alpha value is -1.55. The Balaban J connectivity index is 1.66. The van der Waals surface area contributed by atoms with Gasteiger partial charge in [-0.15, -0.1) is 0 Å². The van der Waals surface area contributed by atoms with Gasteiger partial charge in [0.05, 0.1) is 0 Å². The molecule has 0 aromatic heterocycles. The zero-order valence-electron chi connectivity index (χ0n) is 16.6. The highest BCUT2D eigenvalue weighted by atomic mass is 16.6. The fourth-order valence-electron chi connectivity index (χ4n) is 4.30. The summed E-state index contributed by atoms with van der Waals surface area (Å²) in [5, 5.41) is 0. The molecule has 1 amide bonds. The predicted octanol–water partition coefficient (Wildman–Crippen LogP) is 4.69. The second-order valence-corrected chi connectivity index (χ2v) is 8.93. The summed E-state index contributed by atoms with van der Waals surface area (Å²) >= 11 is 0. The molecule has 3 rings (SSSR count). The molecular weight excluding hydrogens is 324 g/mol. The predicted molar refractivity (Wildman–Crippen MR) is 105 cm³/mol. The van der Waals surface area contributed by atoms with E-state index in [0.717, 1.165) is 38.5 Å². The maximum atomic E-state index is 12.7. The third kappa shape index (κ3) is 5.47. The Morgan fingerprint density at radius 1 is 1.12 bits per heavy atom. The van der Waals surface area contributed by atoms with Gasteiger partial charge in [-0.2, -0.15) is 0 Å². The summed E-state index contributed by atoms with van der Waals surface area (Å²) in [6.07, 6.45) is 6.30. The molecule has 0 unspecified atom stereocenters. The molecule has 0 radical (unpaired) electrons. The zero-order chi connectivity index (χ0) is 18.6. The number of nitrogens with zero attached hydrogens (tertiary/aromatic N) is 2. The fraction of sp³-hybridized carbons (Fsp3) is 0.682. The van der Waals surface area contributed by atoms with E-state index in [1.54, 1.807) is 0 Å². The number of hydrogen-bond donors (Lipinski definition) is 0. The second kappa shape index (κ2) is 8.43. The standard InChI is InChI=1S/C22H34N2O2/c1-22(2,3)26-21(25)24-14-13-23(16-19-11-5-4-6-12-19)17-20(24)15-18-9-7-8-10-18/h4-6,11-12,18,20H,7-10,13-17H2,1-3H3/t20-/m1/s1. The number of ether oxygens (including phenoxy) is 1. The molecule has 1 atom stereocenters.